The van der Waals surface area contributed by atoms with Gasteiger partial charge in [0.25, 0.3) is 0 Å². The lowest BCUT2D eigenvalue weighted by Crippen LogP contribution is -2.51. The molecule has 2 N–H and O–H groups in total. The molecule has 1 amide bonds. The molecule has 1 aromatic rings. The lowest BCUT2D eigenvalue weighted by atomic mass is 9.96. The normalized spacial score (nSPS) is 13.9. The third-order valence-electron chi connectivity index (χ3n) is 3.02. The second-order valence-electron chi connectivity index (χ2n) is 4.85. The van der Waals surface area contributed by atoms with Gasteiger partial charge in [-0.05, 0) is 31.1 Å². The van der Waals surface area contributed by atoms with Gasteiger partial charge in [0.05, 0.1) is 10.0 Å². The maximum atomic E-state index is 11.9. The predicted molar refractivity (Wildman–Crippen MR) is 84.6 cm³/mol. The molecule has 0 bridgehead atoms. The maximum absolute atomic E-state index is 11.9. The molecule has 21 heavy (non-hydrogen) atoms. The molecule has 0 radical (unpaired) electrons. The highest BCUT2D eigenvalue weighted by atomic mass is 35.5. The number of amides is 1. The van der Waals surface area contributed by atoms with Crippen molar-refractivity contribution in [3.05, 3.63) is 39.9 Å². The molecule has 114 valence electrons. The highest BCUT2D eigenvalue weighted by molar-refractivity contribution is 6.42. The number of hydrogen-bond acceptors (Lipinski definition) is 2. The first-order valence-electron chi connectivity index (χ1n) is 6.48. The van der Waals surface area contributed by atoms with Crippen LogP contribution in [0.15, 0.2) is 24.3 Å². The Balaban J connectivity index is 2.83. The van der Waals surface area contributed by atoms with Crippen molar-refractivity contribution in [2.45, 2.75) is 32.2 Å². The van der Waals surface area contributed by atoms with Crippen LogP contribution in [0.2, 0.25) is 10.0 Å². The number of carboxylic acids is 1. The van der Waals surface area contributed by atoms with Gasteiger partial charge in [-0.1, -0.05) is 48.7 Å². The predicted octanol–water partition coefficient (Wildman–Crippen LogP) is 3.77. The number of carbonyl (C=O) groups excluding carboxylic acids is 1. The van der Waals surface area contributed by atoms with Crippen LogP contribution in [0.5, 0.6) is 0 Å². The molecule has 0 heterocycles. The van der Waals surface area contributed by atoms with Crippen molar-refractivity contribution in [2.24, 2.45) is 0 Å². The van der Waals surface area contributed by atoms with E-state index in [9.17, 15) is 14.7 Å². The molecule has 1 unspecified atom stereocenters. The molecular weight excluding hydrogens is 313 g/mol. The van der Waals surface area contributed by atoms with Gasteiger partial charge in [0, 0.05) is 6.08 Å². The van der Waals surface area contributed by atoms with Crippen molar-refractivity contribution >= 4 is 41.2 Å². The van der Waals surface area contributed by atoms with E-state index in [0.717, 1.165) is 0 Å². The molecule has 1 aromatic carbocycles. The topological polar surface area (TPSA) is 66.4 Å². The van der Waals surface area contributed by atoms with Gasteiger partial charge in [-0.15, -0.1) is 0 Å². The van der Waals surface area contributed by atoms with Crippen molar-refractivity contribution in [1.29, 1.82) is 0 Å². The Morgan fingerprint density at radius 1 is 1.38 bits per heavy atom. The number of carboxylic acid groups (broad SMARTS) is 1. The third kappa shape index (κ3) is 4.76. The van der Waals surface area contributed by atoms with E-state index in [4.69, 9.17) is 23.2 Å². The first kappa shape index (κ1) is 17.5. The van der Waals surface area contributed by atoms with Crippen LogP contribution in [0.4, 0.5) is 0 Å². The summed E-state index contributed by atoms with van der Waals surface area (Å²) in [7, 11) is 0. The SMILES string of the molecule is CCCC(C)(NC(=O)/C=C/c1cccc(Cl)c1Cl)C(=O)O. The Labute approximate surface area is 133 Å². The second kappa shape index (κ2) is 7.48. The molecule has 0 aliphatic rings. The van der Waals surface area contributed by atoms with Crippen molar-refractivity contribution < 1.29 is 14.7 Å². The summed E-state index contributed by atoms with van der Waals surface area (Å²) in [5.41, 5.74) is -0.694. The van der Waals surface area contributed by atoms with Gasteiger partial charge in [0.1, 0.15) is 5.54 Å². The summed E-state index contributed by atoms with van der Waals surface area (Å²) < 4.78 is 0. The monoisotopic (exact) mass is 329 g/mol. The second-order valence-corrected chi connectivity index (χ2v) is 5.64. The molecule has 1 rings (SSSR count). The minimum absolute atomic E-state index is 0.345. The molecule has 0 saturated heterocycles. The molecule has 0 saturated carbocycles. The van der Waals surface area contributed by atoms with Crippen LogP contribution in [-0.4, -0.2) is 22.5 Å². The Bertz CT molecular complexity index is 572. The number of hydrogen-bond donors (Lipinski definition) is 2. The van der Waals surface area contributed by atoms with Gasteiger partial charge in [0.15, 0.2) is 0 Å². The minimum atomic E-state index is -1.28. The summed E-state index contributed by atoms with van der Waals surface area (Å²) in [6.45, 7) is 3.34. The van der Waals surface area contributed by atoms with Gasteiger partial charge in [-0.2, -0.15) is 0 Å². The number of aliphatic carboxylic acids is 1. The van der Waals surface area contributed by atoms with Gasteiger partial charge in [-0.25, -0.2) is 4.79 Å². The van der Waals surface area contributed by atoms with Crippen LogP contribution in [0, 0.1) is 0 Å². The van der Waals surface area contributed by atoms with Gasteiger partial charge in [-0.3, -0.25) is 4.79 Å². The van der Waals surface area contributed by atoms with Crippen molar-refractivity contribution in [1.82, 2.24) is 5.32 Å². The summed E-state index contributed by atoms with van der Waals surface area (Å²) >= 11 is 11.9. The minimum Gasteiger partial charge on any atom is -0.480 e. The fourth-order valence-electron chi connectivity index (χ4n) is 1.85. The molecule has 1 atom stereocenters. The highest BCUT2D eigenvalue weighted by Crippen LogP contribution is 2.26. The number of carbonyl (C=O) groups is 2. The summed E-state index contributed by atoms with van der Waals surface area (Å²) in [4.78, 5) is 23.1. The largest absolute Gasteiger partial charge is 0.480 e. The molecule has 0 aliphatic carbocycles. The molecule has 0 fully saturated rings. The number of benzene rings is 1. The Hall–Kier alpha value is -1.52. The fraction of sp³-hybridized carbons (Fsp3) is 0.333. The smallest absolute Gasteiger partial charge is 0.329 e. The molecular formula is C15H17Cl2NO3. The van der Waals surface area contributed by atoms with E-state index >= 15 is 0 Å². The number of rotatable bonds is 6. The molecule has 6 heteroatoms. The highest BCUT2D eigenvalue weighted by Gasteiger charge is 2.33. The summed E-state index contributed by atoms with van der Waals surface area (Å²) in [6, 6.07) is 5.06. The number of halogens is 2. The van der Waals surface area contributed by atoms with E-state index in [2.05, 4.69) is 5.32 Å². The van der Waals surface area contributed by atoms with E-state index in [1.54, 1.807) is 18.2 Å². The molecule has 0 spiro atoms. The molecule has 0 aliphatic heterocycles. The van der Waals surface area contributed by atoms with Crippen molar-refractivity contribution in [3.8, 4) is 0 Å². The zero-order valence-corrected chi connectivity index (χ0v) is 13.3. The van der Waals surface area contributed by atoms with E-state index < -0.39 is 17.4 Å². The quantitative estimate of drug-likeness (QED) is 0.781. The molecule has 0 aromatic heterocycles. The van der Waals surface area contributed by atoms with E-state index in [-0.39, 0.29) is 0 Å². The lowest BCUT2D eigenvalue weighted by molar-refractivity contribution is -0.146. The summed E-state index contributed by atoms with van der Waals surface area (Å²) in [5.74, 6) is -1.56. The van der Waals surface area contributed by atoms with Gasteiger partial charge >= 0.3 is 5.97 Å². The first-order chi connectivity index (χ1) is 9.80. The van der Waals surface area contributed by atoms with Crippen LogP contribution in [0.3, 0.4) is 0 Å². The van der Waals surface area contributed by atoms with E-state index in [1.165, 1.54) is 19.1 Å². The van der Waals surface area contributed by atoms with Crippen LogP contribution < -0.4 is 5.32 Å². The zero-order chi connectivity index (χ0) is 16.0. The standard InChI is InChI=1S/C15H17Cl2NO3/c1-3-9-15(2,14(20)21)18-12(19)8-7-10-5-4-6-11(16)13(10)17/h4-8H,3,9H2,1-2H3,(H,18,19)(H,20,21)/b8-7+. The Kier molecular flexibility index (Phi) is 6.24. The summed E-state index contributed by atoms with van der Waals surface area (Å²) in [6.07, 6.45) is 3.74. The number of nitrogens with one attached hydrogen (secondary N) is 1. The molecule has 4 nitrogen and oxygen atoms in total. The van der Waals surface area contributed by atoms with Crippen LogP contribution in [0.1, 0.15) is 32.3 Å². The Morgan fingerprint density at radius 3 is 2.62 bits per heavy atom. The van der Waals surface area contributed by atoms with Gasteiger partial charge < -0.3 is 10.4 Å². The summed E-state index contributed by atoms with van der Waals surface area (Å²) in [5, 5.41) is 12.4. The average molecular weight is 330 g/mol. The fourth-order valence-corrected chi connectivity index (χ4v) is 2.22. The average Bonchev–Trinajstić information content (AvgIpc) is 2.40. The van der Waals surface area contributed by atoms with Gasteiger partial charge in [0.2, 0.25) is 5.91 Å². The van der Waals surface area contributed by atoms with Crippen LogP contribution in [0.25, 0.3) is 6.08 Å². The maximum Gasteiger partial charge on any atom is 0.329 e. The lowest BCUT2D eigenvalue weighted by Gasteiger charge is -2.24. The Morgan fingerprint density at radius 2 is 2.05 bits per heavy atom. The van der Waals surface area contributed by atoms with Crippen molar-refractivity contribution in [3.63, 3.8) is 0 Å². The van der Waals surface area contributed by atoms with Crippen molar-refractivity contribution in [2.75, 3.05) is 0 Å². The van der Waals surface area contributed by atoms with Crippen LogP contribution >= 0.6 is 23.2 Å². The van der Waals surface area contributed by atoms with E-state index in [0.29, 0.717) is 28.5 Å². The third-order valence-corrected chi connectivity index (χ3v) is 3.85. The van der Waals surface area contributed by atoms with Crippen LogP contribution in [-0.2, 0) is 9.59 Å². The zero-order valence-electron chi connectivity index (χ0n) is 11.8. The van der Waals surface area contributed by atoms with E-state index in [1.807, 2.05) is 6.92 Å². The first-order valence-corrected chi connectivity index (χ1v) is 7.23.